The molecule has 2 unspecified atom stereocenters. The molecule has 104 valence electrons. The maximum atomic E-state index is 13.8. The van der Waals surface area contributed by atoms with Crippen LogP contribution in [-0.2, 0) is 0 Å². The van der Waals surface area contributed by atoms with Crippen molar-refractivity contribution in [3.8, 4) is 0 Å². The summed E-state index contributed by atoms with van der Waals surface area (Å²) in [6.45, 7) is 5.30. The summed E-state index contributed by atoms with van der Waals surface area (Å²) in [5, 5.41) is 3.26. The van der Waals surface area contributed by atoms with Crippen LogP contribution >= 0.6 is 0 Å². The van der Waals surface area contributed by atoms with Crippen molar-refractivity contribution in [3.05, 3.63) is 35.1 Å². The Morgan fingerprint density at radius 3 is 2.79 bits per heavy atom. The van der Waals surface area contributed by atoms with Crippen molar-refractivity contribution in [1.82, 2.24) is 10.2 Å². The standard InChI is InChI=1S/C15H21FN2O/c1-10-4-5-12(13(16)8-10)15(19)18-7-6-14(17-3)11(2)9-18/h4-5,8,11,14,17H,6-7,9H2,1-3H3. The van der Waals surface area contributed by atoms with Crippen molar-refractivity contribution in [2.75, 3.05) is 20.1 Å². The number of likely N-dealkylation sites (tertiary alicyclic amines) is 1. The van der Waals surface area contributed by atoms with Crippen molar-refractivity contribution >= 4 is 5.91 Å². The third-order valence-electron chi connectivity index (χ3n) is 3.92. The molecule has 1 aromatic rings. The van der Waals surface area contributed by atoms with Crippen LogP contribution in [-0.4, -0.2) is 37.0 Å². The molecule has 2 rings (SSSR count). The average molecular weight is 264 g/mol. The Hall–Kier alpha value is -1.42. The van der Waals surface area contributed by atoms with Gasteiger partial charge in [-0.25, -0.2) is 4.39 Å². The minimum Gasteiger partial charge on any atom is -0.338 e. The van der Waals surface area contributed by atoms with E-state index in [9.17, 15) is 9.18 Å². The Kier molecular flexibility index (Phi) is 4.20. The molecule has 0 aromatic heterocycles. The lowest BCUT2D eigenvalue weighted by Gasteiger charge is -2.36. The molecule has 4 heteroatoms. The van der Waals surface area contributed by atoms with E-state index in [1.54, 1.807) is 17.0 Å². The zero-order valence-electron chi connectivity index (χ0n) is 11.7. The highest BCUT2D eigenvalue weighted by molar-refractivity contribution is 5.94. The van der Waals surface area contributed by atoms with E-state index in [1.807, 2.05) is 14.0 Å². The van der Waals surface area contributed by atoms with Crippen molar-refractivity contribution in [2.24, 2.45) is 5.92 Å². The van der Waals surface area contributed by atoms with Crippen LogP contribution in [0.25, 0.3) is 0 Å². The summed E-state index contributed by atoms with van der Waals surface area (Å²) < 4.78 is 13.8. The SMILES string of the molecule is CNC1CCN(C(=O)c2ccc(C)cc2F)CC1C. The van der Waals surface area contributed by atoms with E-state index in [-0.39, 0.29) is 11.5 Å². The van der Waals surface area contributed by atoms with Crippen LogP contribution < -0.4 is 5.32 Å². The molecule has 1 fully saturated rings. The third kappa shape index (κ3) is 2.95. The molecule has 1 aromatic carbocycles. The molecule has 1 N–H and O–H groups in total. The number of rotatable bonds is 2. The number of amides is 1. The summed E-state index contributed by atoms with van der Waals surface area (Å²) in [7, 11) is 1.94. The van der Waals surface area contributed by atoms with Gasteiger partial charge in [0.15, 0.2) is 0 Å². The van der Waals surface area contributed by atoms with Crippen LogP contribution in [0.3, 0.4) is 0 Å². The van der Waals surface area contributed by atoms with E-state index in [2.05, 4.69) is 12.2 Å². The first-order valence-electron chi connectivity index (χ1n) is 6.75. The minimum atomic E-state index is -0.423. The molecule has 0 saturated carbocycles. The molecule has 0 aliphatic carbocycles. The van der Waals surface area contributed by atoms with E-state index in [4.69, 9.17) is 0 Å². The highest BCUT2D eigenvalue weighted by Gasteiger charge is 2.29. The molecule has 1 aliphatic heterocycles. The maximum Gasteiger partial charge on any atom is 0.256 e. The molecular formula is C15H21FN2O. The fourth-order valence-corrected chi connectivity index (χ4v) is 2.72. The van der Waals surface area contributed by atoms with E-state index in [0.717, 1.165) is 12.0 Å². The minimum absolute atomic E-state index is 0.181. The number of nitrogens with zero attached hydrogens (tertiary/aromatic N) is 1. The molecule has 0 spiro atoms. The highest BCUT2D eigenvalue weighted by atomic mass is 19.1. The average Bonchev–Trinajstić information content (AvgIpc) is 2.38. The smallest absolute Gasteiger partial charge is 0.256 e. The number of aryl methyl sites for hydroxylation is 1. The summed E-state index contributed by atoms with van der Waals surface area (Å²) in [5.41, 5.74) is 1.01. The number of hydrogen-bond acceptors (Lipinski definition) is 2. The summed E-state index contributed by atoms with van der Waals surface area (Å²) in [6, 6.07) is 5.21. The van der Waals surface area contributed by atoms with Gasteiger partial charge in [0.1, 0.15) is 5.82 Å². The van der Waals surface area contributed by atoms with Gasteiger partial charge in [0.05, 0.1) is 5.56 Å². The number of halogens is 1. The number of hydrogen-bond donors (Lipinski definition) is 1. The van der Waals surface area contributed by atoms with Crippen LogP contribution in [0.5, 0.6) is 0 Å². The van der Waals surface area contributed by atoms with Gasteiger partial charge >= 0.3 is 0 Å². The molecule has 19 heavy (non-hydrogen) atoms. The molecule has 3 nitrogen and oxygen atoms in total. The van der Waals surface area contributed by atoms with Crippen LogP contribution in [0.4, 0.5) is 4.39 Å². The fraction of sp³-hybridized carbons (Fsp3) is 0.533. The second kappa shape index (κ2) is 5.70. The number of carbonyl (C=O) groups excluding carboxylic acids is 1. The summed E-state index contributed by atoms with van der Waals surface area (Å²) in [6.07, 6.45) is 0.914. The number of piperidine rings is 1. The monoisotopic (exact) mass is 264 g/mol. The summed E-state index contributed by atoms with van der Waals surface area (Å²) in [4.78, 5) is 14.1. The maximum absolute atomic E-state index is 13.8. The Morgan fingerprint density at radius 2 is 2.21 bits per heavy atom. The second-order valence-electron chi connectivity index (χ2n) is 5.40. The zero-order valence-corrected chi connectivity index (χ0v) is 11.7. The van der Waals surface area contributed by atoms with E-state index < -0.39 is 5.82 Å². The highest BCUT2D eigenvalue weighted by Crippen LogP contribution is 2.20. The van der Waals surface area contributed by atoms with Gasteiger partial charge in [-0.2, -0.15) is 0 Å². The Labute approximate surface area is 113 Å². The Morgan fingerprint density at radius 1 is 1.47 bits per heavy atom. The van der Waals surface area contributed by atoms with Gasteiger partial charge < -0.3 is 10.2 Å². The fourth-order valence-electron chi connectivity index (χ4n) is 2.72. The number of benzene rings is 1. The zero-order chi connectivity index (χ0) is 14.0. The Bertz CT molecular complexity index is 475. The van der Waals surface area contributed by atoms with Crippen molar-refractivity contribution in [2.45, 2.75) is 26.3 Å². The van der Waals surface area contributed by atoms with E-state index >= 15 is 0 Å². The first-order chi connectivity index (χ1) is 9.02. The van der Waals surface area contributed by atoms with Crippen molar-refractivity contribution in [3.63, 3.8) is 0 Å². The summed E-state index contributed by atoms with van der Waals surface area (Å²) >= 11 is 0. The largest absolute Gasteiger partial charge is 0.338 e. The number of nitrogens with one attached hydrogen (secondary N) is 1. The Balaban J connectivity index is 2.12. The first-order valence-corrected chi connectivity index (χ1v) is 6.75. The van der Waals surface area contributed by atoms with Crippen molar-refractivity contribution < 1.29 is 9.18 Å². The van der Waals surface area contributed by atoms with Crippen LogP contribution in [0, 0.1) is 18.7 Å². The lowest BCUT2D eigenvalue weighted by Crippen LogP contribution is -2.49. The van der Waals surface area contributed by atoms with Crippen LogP contribution in [0.2, 0.25) is 0 Å². The topological polar surface area (TPSA) is 32.3 Å². The quantitative estimate of drug-likeness (QED) is 0.888. The van der Waals surface area contributed by atoms with Gasteiger partial charge in [-0.3, -0.25) is 4.79 Å². The lowest BCUT2D eigenvalue weighted by atomic mass is 9.93. The predicted octanol–water partition coefficient (Wildman–Crippen LogP) is 2.20. The molecule has 2 atom stereocenters. The summed E-state index contributed by atoms with van der Waals surface area (Å²) in [5.74, 6) is -0.233. The first kappa shape index (κ1) is 14.0. The van der Waals surface area contributed by atoms with Crippen LogP contribution in [0.1, 0.15) is 29.3 Å². The van der Waals surface area contributed by atoms with Gasteiger partial charge in [-0.15, -0.1) is 0 Å². The van der Waals surface area contributed by atoms with Gasteiger partial charge in [-0.1, -0.05) is 13.0 Å². The van der Waals surface area contributed by atoms with E-state index in [1.165, 1.54) is 6.07 Å². The van der Waals surface area contributed by atoms with E-state index in [0.29, 0.717) is 25.0 Å². The van der Waals surface area contributed by atoms with Gasteiger partial charge in [-0.05, 0) is 44.0 Å². The third-order valence-corrected chi connectivity index (χ3v) is 3.92. The molecule has 1 saturated heterocycles. The van der Waals surface area contributed by atoms with Gasteiger partial charge in [0.2, 0.25) is 0 Å². The van der Waals surface area contributed by atoms with Gasteiger partial charge in [0.25, 0.3) is 5.91 Å². The molecular weight excluding hydrogens is 243 g/mol. The molecule has 1 aliphatic rings. The lowest BCUT2D eigenvalue weighted by molar-refractivity contribution is 0.0644. The molecule has 1 amide bonds. The molecule has 0 radical (unpaired) electrons. The van der Waals surface area contributed by atoms with Crippen LogP contribution in [0.15, 0.2) is 18.2 Å². The normalized spacial score (nSPS) is 23.5. The second-order valence-corrected chi connectivity index (χ2v) is 5.40. The molecule has 0 bridgehead atoms. The van der Waals surface area contributed by atoms with Gasteiger partial charge in [0, 0.05) is 19.1 Å². The predicted molar refractivity (Wildman–Crippen MR) is 73.7 cm³/mol. The molecule has 1 heterocycles. The number of carbonyl (C=O) groups is 1. The van der Waals surface area contributed by atoms with Crippen molar-refractivity contribution in [1.29, 1.82) is 0 Å².